The number of rotatable bonds is 0. The first kappa shape index (κ1) is 7.80. The highest BCUT2D eigenvalue weighted by Gasteiger charge is 1.97. The second kappa shape index (κ2) is 3.20. The Morgan fingerprint density at radius 3 is 2.80 bits per heavy atom. The quantitative estimate of drug-likeness (QED) is 0.559. The maximum Gasteiger partial charge on any atom is 0.00177 e. The van der Waals surface area contributed by atoms with Gasteiger partial charge in [0.15, 0.2) is 0 Å². The first-order valence-electron chi connectivity index (χ1n) is 3.40. The molecular formula is C9H11Br. The second-order valence-corrected chi connectivity index (χ2v) is 3.54. The van der Waals surface area contributed by atoms with Crippen LogP contribution in [0.25, 0.3) is 0 Å². The molecular weight excluding hydrogens is 188 g/mol. The summed E-state index contributed by atoms with van der Waals surface area (Å²) < 4.78 is 1.29. The number of hydrogen-bond acceptors (Lipinski definition) is 0. The molecule has 0 aromatic carbocycles. The first-order chi connectivity index (χ1) is 4.70. The van der Waals surface area contributed by atoms with Crippen molar-refractivity contribution in [2.24, 2.45) is 0 Å². The second-order valence-electron chi connectivity index (χ2n) is 2.58. The van der Waals surface area contributed by atoms with Crippen molar-refractivity contribution < 1.29 is 0 Å². The van der Waals surface area contributed by atoms with Crippen molar-refractivity contribution in [1.29, 1.82) is 0 Å². The summed E-state index contributed by atoms with van der Waals surface area (Å²) in [6.07, 6.45) is 7.54. The van der Waals surface area contributed by atoms with Crippen LogP contribution in [0.2, 0.25) is 0 Å². The average Bonchev–Trinajstić information content (AvgIpc) is 1.96. The monoisotopic (exact) mass is 198 g/mol. The van der Waals surface area contributed by atoms with Crippen molar-refractivity contribution in [1.82, 2.24) is 0 Å². The van der Waals surface area contributed by atoms with Crippen molar-refractivity contribution in [3.05, 3.63) is 33.9 Å². The van der Waals surface area contributed by atoms with E-state index < -0.39 is 0 Å². The van der Waals surface area contributed by atoms with E-state index in [0.717, 1.165) is 6.42 Å². The third-order valence-electron chi connectivity index (χ3n) is 1.55. The van der Waals surface area contributed by atoms with E-state index >= 15 is 0 Å². The molecule has 0 aromatic heterocycles. The van der Waals surface area contributed by atoms with Gasteiger partial charge in [-0.3, -0.25) is 0 Å². The molecule has 0 aliphatic heterocycles. The molecule has 0 atom stereocenters. The molecule has 1 aliphatic rings. The molecule has 0 aromatic rings. The van der Waals surface area contributed by atoms with Gasteiger partial charge in [0.1, 0.15) is 0 Å². The molecule has 1 heteroatoms. The van der Waals surface area contributed by atoms with Crippen LogP contribution in [0.5, 0.6) is 0 Å². The van der Waals surface area contributed by atoms with E-state index in [1.807, 2.05) is 0 Å². The van der Waals surface area contributed by atoms with Gasteiger partial charge < -0.3 is 0 Å². The normalized spacial score (nSPS) is 18.9. The Balaban J connectivity index is 2.96. The van der Waals surface area contributed by atoms with Gasteiger partial charge in [0.25, 0.3) is 0 Å². The highest BCUT2D eigenvalue weighted by atomic mass is 79.9. The molecule has 0 saturated heterocycles. The van der Waals surface area contributed by atoms with Gasteiger partial charge >= 0.3 is 0 Å². The van der Waals surface area contributed by atoms with E-state index in [1.54, 1.807) is 0 Å². The van der Waals surface area contributed by atoms with E-state index in [4.69, 9.17) is 0 Å². The maximum absolute atomic E-state index is 3.51. The summed E-state index contributed by atoms with van der Waals surface area (Å²) in [5.41, 5.74) is 2.66. The van der Waals surface area contributed by atoms with Gasteiger partial charge in [0.05, 0.1) is 0 Å². The molecule has 0 bridgehead atoms. The van der Waals surface area contributed by atoms with Crippen molar-refractivity contribution in [3.8, 4) is 0 Å². The van der Waals surface area contributed by atoms with Crippen LogP contribution in [0.4, 0.5) is 0 Å². The molecule has 0 nitrogen and oxygen atoms in total. The molecule has 0 radical (unpaired) electrons. The molecule has 0 heterocycles. The summed E-state index contributed by atoms with van der Waals surface area (Å²) >= 11 is 3.51. The van der Waals surface area contributed by atoms with Crippen LogP contribution in [-0.4, -0.2) is 0 Å². The summed E-state index contributed by atoms with van der Waals surface area (Å²) in [6, 6.07) is 0. The highest BCUT2D eigenvalue weighted by molar-refractivity contribution is 9.11. The lowest BCUT2D eigenvalue weighted by atomic mass is 10.2. The van der Waals surface area contributed by atoms with Crippen molar-refractivity contribution in [3.63, 3.8) is 0 Å². The fraction of sp³-hybridized carbons (Fsp3) is 0.333. The van der Waals surface area contributed by atoms with Crippen LogP contribution >= 0.6 is 15.9 Å². The summed E-state index contributed by atoms with van der Waals surface area (Å²) in [5, 5.41) is 0. The third-order valence-corrected chi connectivity index (χ3v) is 2.50. The molecule has 0 fully saturated rings. The van der Waals surface area contributed by atoms with E-state index in [0.29, 0.717) is 0 Å². The number of hydrogen-bond donors (Lipinski definition) is 0. The SMILES string of the molecule is CC1=CC(C)=C(Br)CC=C1. The fourth-order valence-electron chi connectivity index (χ4n) is 0.977. The van der Waals surface area contributed by atoms with Crippen molar-refractivity contribution >= 4 is 15.9 Å². The van der Waals surface area contributed by atoms with Crippen LogP contribution in [0.15, 0.2) is 33.9 Å². The largest absolute Gasteiger partial charge is 0.0793 e. The summed E-state index contributed by atoms with van der Waals surface area (Å²) in [7, 11) is 0. The van der Waals surface area contributed by atoms with Gasteiger partial charge in [0, 0.05) is 4.48 Å². The van der Waals surface area contributed by atoms with Crippen LogP contribution in [0.1, 0.15) is 20.3 Å². The molecule has 1 aliphatic carbocycles. The first-order valence-corrected chi connectivity index (χ1v) is 4.19. The zero-order chi connectivity index (χ0) is 7.56. The molecule has 0 amide bonds. The van der Waals surface area contributed by atoms with Gasteiger partial charge in [-0.15, -0.1) is 0 Å². The van der Waals surface area contributed by atoms with Crippen LogP contribution in [-0.2, 0) is 0 Å². The van der Waals surface area contributed by atoms with Gasteiger partial charge in [-0.2, -0.15) is 0 Å². The van der Waals surface area contributed by atoms with Gasteiger partial charge in [-0.05, 0) is 25.8 Å². The lowest BCUT2D eigenvalue weighted by Gasteiger charge is -1.94. The molecule has 0 N–H and O–H groups in total. The van der Waals surface area contributed by atoms with Crippen LogP contribution < -0.4 is 0 Å². The van der Waals surface area contributed by atoms with Gasteiger partial charge in [-0.25, -0.2) is 0 Å². The summed E-state index contributed by atoms with van der Waals surface area (Å²) in [4.78, 5) is 0. The lowest BCUT2D eigenvalue weighted by Crippen LogP contribution is -1.73. The molecule has 0 unspecified atom stereocenters. The van der Waals surface area contributed by atoms with Crippen LogP contribution in [0, 0.1) is 0 Å². The Morgan fingerprint density at radius 1 is 1.40 bits per heavy atom. The molecule has 54 valence electrons. The van der Waals surface area contributed by atoms with Crippen molar-refractivity contribution in [2.45, 2.75) is 20.3 Å². The predicted octanol–water partition coefficient (Wildman–Crippen LogP) is 3.56. The molecule has 10 heavy (non-hydrogen) atoms. The Hall–Kier alpha value is -0.300. The summed E-state index contributed by atoms with van der Waals surface area (Å²) in [6.45, 7) is 4.24. The Morgan fingerprint density at radius 2 is 2.10 bits per heavy atom. The van der Waals surface area contributed by atoms with E-state index in [-0.39, 0.29) is 0 Å². The predicted molar refractivity (Wildman–Crippen MR) is 49.1 cm³/mol. The number of halogens is 1. The number of allylic oxidation sites excluding steroid dienone is 6. The molecule has 0 saturated carbocycles. The smallest absolute Gasteiger partial charge is 0.00177 e. The maximum atomic E-state index is 3.51. The topological polar surface area (TPSA) is 0 Å². The Kier molecular flexibility index (Phi) is 2.50. The van der Waals surface area contributed by atoms with E-state index in [2.05, 4.69) is 48.0 Å². The van der Waals surface area contributed by atoms with Crippen molar-refractivity contribution in [2.75, 3.05) is 0 Å². The fourth-order valence-corrected chi connectivity index (χ4v) is 1.28. The van der Waals surface area contributed by atoms with E-state index in [1.165, 1.54) is 15.6 Å². The Bertz CT molecular complexity index is 219. The average molecular weight is 199 g/mol. The van der Waals surface area contributed by atoms with E-state index in [9.17, 15) is 0 Å². The van der Waals surface area contributed by atoms with Gasteiger partial charge in [-0.1, -0.05) is 39.7 Å². The zero-order valence-electron chi connectivity index (χ0n) is 6.32. The molecule has 1 rings (SSSR count). The third kappa shape index (κ3) is 1.84. The lowest BCUT2D eigenvalue weighted by molar-refractivity contribution is 1.32. The Labute approximate surface area is 70.5 Å². The van der Waals surface area contributed by atoms with Gasteiger partial charge in [0.2, 0.25) is 0 Å². The zero-order valence-corrected chi connectivity index (χ0v) is 7.90. The highest BCUT2D eigenvalue weighted by Crippen LogP contribution is 2.21. The molecule has 0 spiro atoms. The minimum absolute atomic E-state index is 1.03. The summed E-state index contributed by atoms with van der Waals surface area (Å²) in [5.74, 6) is 0. The standard InChI is InChI=1S/C9H11Br/c1-7-4-3-5-9(10)8(2)6-7/h3-4,6H,5H2,1-2H3. The minimum atomic E-state index is 1.03. The minimum Gasteiger partial charge on any atom is -0.0793 e. The van der Waals surface area contributed by atoms with Crippen LogP contribution in [0.3, 0.4) is 0 Å².